The third-order valence-electron chi connectivity index (χ3n) is 5.13. The van der Waals surface area contributed by atoms with E-state index in [1.807, 2.05) is 55.5 Å². The number of piperazine rings is 1. The van der Waals surface area contributed by atoms with Crippen LogP contribution >= 0.6 is 0 Å². The Kier molecular flexibility index (Phi) is 23.2. The molecule has 34 heavy (non-hydrogen) atoms. The van der Waals surface area contributed by atoms with Gasteiger partial charge in [0.2, 0.25) is 11.8 Å². The second-order valence-corrected chi connectivity index (χ2v) is 9.51. The predicted octanol–water partition coefficient (Wildman–Crippen LogP) is 4.00. The number of carbonyl (C=O) groups excluding carboxylic acids is 3. The molecule has 1 aliphatic rings. The summed E-state index contributed by atoms with van der Waals surface area (Å²) in [6.45, 7) is 29.5. The summed E-state index contributed by atoms with van der Waals surface area (Å²) in [5, 5.41) is 2.64. The minimum absolute atomic E-state index is 0.109. The fourth-order valence-corrected chi connectivity index (χ4v) is 2.45. The average molecular weight is 483 g/mol. The van der Waals surface area contributed by atoms with E-state index in [0.29, 0.717) is 12.5 Å². The van der Waals surface area contributed by atoms with Crippen molar-refractivity contribution in [2.24, 2.45) is 5.92 Å². The molecule has 0 aliphatic carbocycles. The molecule has 1 heterocycles. The van der Waals surface area contributed by atoms with Crippen LogP contribution in [0.5, 0.6) is 0 Å². The minimum atomic E-state index is -0.111. The van der Waals surface area contributed by atoms with Gasteiger partial charge >= 0.3 is 0 Å². The lowest BCUT2D eigenvalue weighted by molar-refractivity contribution is -0.131. The molecule has 0 aromatic rings. The zero-order valence-corrected chi connectivity index (χ0v) is 24.0. The van der Waals surface area contributed by atoms with Crippen LogP contribution in [0.15, 0.2) is 25.3 Å². The van der Waals surface area contributed by atoms with E-state index in [-0.39, 0.29) is 29.6 Å². The third kappa shape index (κ3) is 21.8. The largest absolute Gasteiger partial charge is 0.350 e. The molecule has 0 atom stereocenters. The van der Waals surface area contributed by atoms with Gasteiger partial charge in [-0.1, -0.05) is 33.9 Å². The van der Waals surface area contributed by atoms with Crippen molar-refractivity contribution in [2.75, 3.05) is 40.3 Å². The van der Waals surface area contributed by atoms with E-state index in [1.165, 1.54) is 38.3 Å². The standard InChI is InChI=1S/C8H18N2.C7H15NO.C6H11NO.C6H10O/c1-8(2)10-6-4-9(3)5-7-10;1-5-7(9)8(4)6(2)3;1-4-6(8)7-5(2)3;1-4-6(7)5(2)3/h8H,4-7H2,1-3H3;6H,5H2,1-4H3;4-5H,1H2,2-3H3,(H,7,8);4-5H,1H2,2-3H3. The van der Waals surface area contributed by atoms with Crippen molar-refractivity contribution in [1.29, 1.82) is 0 Å². The van der Waals surface area contributed by atoms with Crippen molar-refractivity contribution in [3.8, 4) is 0 Å². The van der Waals surface area contributed by atoms with E-state index >= 15 is 0 Å². The van der Waals surface area contributed by atoms with Crippen LogP contribution < -0.4 is 5.32 Å². The molecular formula is C27H54N4O3. The van der Waals surface area contributed by atoms with Gasteiger partial charge in [0.25, 0.3) is 0 Å². The summed E-state index contributed by atoms with van der Waals surface area (Å²) >= 11 is 0. The van der Waals surface area contributed by atoms with Crippen LogP contribution in [-0.2, 0) is 14.4 Å². The molecule has 1 N–H and O–H groups in total. The van der Waals surface area contributed by atoms with Crippen molar-refractivity contribution in [1.82, 2.24) is 20.0 Å². The molecule has 7 heteroatoms. The fraction of sp³-hybridized carbons (Fsp3) is 0.741. The normalized spacial score (nSPS) is 13.6. The SMILES string of the molecule is C=CC(=O)C(C)C.C=CC(=O)NC(C)C.CC(C)N1CCN(C)CC1.CCC(=O)N(C)C(C)C. The molecule has 0 saturated carbocycles. The van der Waals surface area contributed by atoms with Gasteiger partial charge in [-0.15, -0.1) is 0 Å². The topological polar surface area (TPSA) is 73.0 Å². The number of ketones is 1. The molecule has 0 bridgehead atoms. The second kappa shape index (κ2) is 21.5. The Bertz CT molecular complexity index is 578. The van der Waals surface area contributed by atoms with Gasteiger partial charge in [-0.25, -0.2) is 0 Å². The molecule has 1 rings (SSSR count). The van der Waals surface area contributed by atoms with Crippen LogP contribution in [0.25, 0.3) is 0 Å². The maximum atomic E-state index is 10.9. The van der Waals surface area contributed by atoms with E-state index in [4.69, 9.17) is 0 Å². The van der Waals surface area contributed by atoms with Gasteiger partial charge in [0.15, 0.2) is 5.78 Å². The van der Waals surface area contributed by atoms with Gasteiger partial charge in [-0.3, -0.25) is 19.3 Å². The number of hydrogen-bond acceptors (Lipinski definition) is 5. The summed E-state index contributed by atoms with van der Waals surface area (Å²) in [5.41, 5.74) is 0. The molecule has 0 aromatic heterocycles. The predicted molar refractivity (Wildman–Crippen MR) is 146 cm³/mol. The summed E-state index contributed by atoms with van der Waals surface area (Å²) in [6.07, 6.45) is 3.22. The van der Waals surface area contributed by atoms with Gasteiger partial charge in [0.05, 0.1) is 0 Å². The maximum absolute atomic E-state index is 10.9. The van der Waals surface area contributed by atoms with Gasteiger partial charge < -0.3 is 15.1 Å². The highest BCUT2D eigenvalue weighted by Gasteiger charge is 2.15. The van der Waals surface area contributed by atoms with Crippen molar-refractivity contribution in [3.63, 3.8) is 0 Å². The molecule has 0 spiro atoms. The number of amides is 2. The quantitative estimate of drug-likeness (QED) is 0.555. The first-order valence-electron chi connectivity index (χ1n) is 12.4. The van der Waals surface area contributed by atoms with Crippen LogP contribution in [-0.4, -0.2) is 90.7 Å². The Labute approximate surface area is 210 Å². The summed E-state index contributed by atoms with van der Waals surface area (Å²) in [4.78, 5) is 38.3. The van der Waals surface area contributed by atoms with Crippen LogP contribution in [0.3, 0.4) is 0 Å². The first kappa shape index (κ1) is 36.6. The number of allylic oxidation sites excluding steroid dienone is 1. The number of hydrogen-bond donors (Lipinski definition) is 1. The Balaban J connectivity index is -0.000000381. The lowest BCUT2D eigenvalue weighted by Gasteiger charge is -2.34. The zero-order valence-electron chi connectivity index (χ0n) is 24.0. The van der Waals surface area contributed by atoms with E-state index in [1.54, 1.807) is 4.90 Å². The molecule has 0 aromatic carbocycles. The van der Waals surface area contributed by atoms with Gasteiger partial charge in [-0.2, -0.15) is 0 Å². The molecule has 0 unspecified atom stereocenters. The summed E-state index contributed by atoms with van der Waals surface area (Å²) in [5.74, 6) is 0.322. The summed E-state index contributed by atoms with van der Waals surface area (Å²) in [7, 11) is 4.02. The molecule has 2 amide bonds. The second-order valence-electron chi connectivity index (χ2n) is 9.51. The Morgan fingerprint density at radius 2 is 1.38 bits per heavy atom. The third-order valence-corrected chi connectivity index (χ3v) is 5.13. The van der Waals surface area contributed by atoms with Gasteiger partial charge in [-0.05, 0) is 60.7 Å². The average Bonchev–Trinajstić information content (AvgIpc) is 2.78. The lowest BCUT2D eigenvalue weighted by atomic mass is 10.1. The van der Waals surface area contributed by atoms with Gasteiger partial charge in [0, 0.05) is 63.7 Å². The Hall–Kier alpha value is -1.99. The van der Waals surface area contributed by atoms with E-state index in [0.717, 1.165) is 6.04 Å². The van der Waals surface area contributed by atoms with Crippen molar-refractivity contribution >= 4 is 17.6 Å². The zero-order chi connectivity index (χ0) is 27.4. The highest BCUT2D eigenvalue weighted by molar-refractivity contribution is 5.90. The smallest absolute Gasteiger partial charge is 0.243 e. The Morgan fingerprint density at radius 1 is 0.912 bits per heavy atom. The number of nitrogens with one attached hydrogen (secondary N) is 1. The number of rotatable bonds is 7. The highest BCUT2D eigenvalue weighted by Crippen LogP contribution is 2.03. The van der Waals surface area contributed by atoms with Crippen molar-refractivity contribution in [3.05, 3.63) is 25.3 Å². The highest BCUT2D eigenvalue weighted by atomic mass is 16.2. The molecule has 7 nitrogen and oxygen atoms in total. The monoisotopic (exact) mass is 482 g/mol. The summed E-state index contributed by atoms with van der Waals surface area (Å²) in [6, 6.07) is 1.27. The molecule has 0 radical (unpaired) electrons. The van der Waals surface area contributed by atoms with Crippen LogP contribution in [0.1, 0.15) is 68.7 Å². The maximum Gasteiger partial charge on any atom is 0.243 e. The molecule has 1 aliphatic heterocycles. The van der Waals surface area contributed by atoms with E-state index in [9.17, 15) is 14.4 Å². The first-order chi connectivity index (χ1) is 15.6. The summed E-state index contributed by atoms with van der Waals surface area (Å²) < 4.78 is 0. The Morgan fingerprint density at radius 3 is 1.56 bits per heavy atom. The van der Waals surface area contributed by atoms with Crippen LogP contribution in [0.2, 0.25) is 0 Å². The van der Waals surface area contributed by atoms with Crippen LogP contribution in [0.4, 0.5) is 0 Å². The van der Waals surface area contributed by atoms with E-state index < -0.39 is 0 Å². The number of carbonyl (C=O) groups is 3. The van der Waals surface area contributed by atoms with Crippen molar-refractivity contribution in [2.45, 2.75) is 86.9 Å². The molecule has 1 fully saturated rings. The molecular weight excluding hydrogens is 428 g/mol. The van der Waals surface area contributed by atoms with Crippen molar-refractivity contribution < 1.29 is 14.4 Å². The first-order valence-corrected chi connectivity index (χ1v) is 12.4. The van der Waals surface area contributed by atoms with Gasteiger partial charge in [0.1, 0.15) is 0 Å². The lowest BCUT2D eigenvalue weighted by Crippen LogP contribution is -2.47. The molecule has 1 saturated heterocycles. The molecule has 200 valence electrons. The van der Waals surface area contributed by atoms with E-state index in [2.05, 4.69) is 49.2 Å². The number of likely N-dealkylation sites (N-methyl/N-ethyl adjacent to an activating group) is 1. The minimum Gasteiger partial charge on any atom is -0.350 e. The fourth-order valence-electron chi connectivity index (χ4n) is 2.45. The number of nitrogens with zero attached hydrogens (tertiary/aromatic N) is 3. The van der Waals surface area contributed by atoms with Crippen LogP contribution in [0, 0.1) is 5.92 Å².